The number of rotatable bonds is 2. The van der Waals surface area contributed by atoms with Gasteiger partial charge in [0.25, 0.3) is 0 Å². The summed E-state index contributed by atoms with van der Waals surface area (Å²) in [4.78, 5) is 6.76. The van der Waals surface area contributed by atoms with Crippen molar-refractivity contribution in [3.05, 3.63) is 110 Å². The second kappa shape index (κ2) is 7.85. The minimum absolute atomic E-state index is 0.149. The maximum atomic E-state index is 6.73. The van der Waals surface area contributed by atoms with Crippen LogP contribution in [0.15, 0.2) is 87.6 Å². The first kappa shape index (κ1) is 20.7. The van der Waals surface area contributed by atoms with Crippen molar-refractivity contribution >= 4 is 43.5 Å². The van der Waals surface area contributed by atoms with E-state index in [1.807, 2.05) is 4.68 Å². The Kier molecular flexibility index (Phi) is 4.92. The van der Waals surface area contributed by atoms with E-state index >= 15 is 0 Å². The molecule has 5 nitrogen and oxygen atoms in total. The third kappa shape index (κ3) is 3.33. The minimum atomic E-state index is -0.267. The Hall–Kier alpha value is -2.90. The highest BCUT2D eigenvalue weighted by molar-refractivity contribution is 9.10. The summed E-state index contributed by atoms with van der Waals surface area (Å²) in [6.45, 7) is 2.11. The van der Waals surface area contributed by atoms with E-state index < -0.39 is 0 Å². The van der Waals surface area contributed by atoms with E-state index in [-0.39, 0.29) is 12.1 Å². The largest absolute Gasteiger partial charge is 0.480 e. The van der Waals surface area contributed by atoms with E-state index in [0.717, 1.165) is 48.6 Å². The third-order valence-corrected chi connectivity index (χ3v) is 7.34. The number of ether oxygens (including phenoxy) is 1. The van der Waals surface area contributed by atoms with Crippen LogP contribution in [-0.4, -0.2) is 21.8 Å². The average Bonchev–Trinajstić information content (AvgIpc) is 3.30. The van der Waals surface area contributed by atoms with Gasteiger partial charge in [0.05, 0.1) is 5.70 Å². The van der Waals surface area contributed by atoms with Gasteiger partial charge in [-0.15, -0.1) is 0 Å². The normalized spacial score (nSPS) is 19.0. The predicted octanol–water partition coefficient (Wildman–Crippen LogP) is 6.70. The van der Waals surface area contributed by atoms with Crippen LogP contribution in [0.1, 0.15) is 34.4 Å². The van der Waals surface area contributed by atoms with Crippen molar-refractivity contribution in [3.8, 4) is 5.75 Å². The van der Waals surface area contributed by atoms with Crippen LogP contribution >= 0.6 is 31.9 Å². The lowest BCUT2D eigenvalue weighted by atomic mass is 9.84. The van der Waals surface area contributed by atoms with E-state index in [4.69, 9.17) is 4.74 Å². The fourth-order valence-corrected chi connectivity index (χ4v) is 5.33. The van der Waals surface area contributed by atoms with Crippen LogP contribution in [0.4, 0.5) is 5.95 Å². The molecular formula is C26H20Br2N4O. The molecule has 0 amide bonds. The van der Waals surface area contributed by atoms with Crippen LogP contribution in [0.3, 0.4) is 0 Å². The Bertz CT molecular complexity index is 1390. The number of benzene rings is 3. The van der Waals surface area contributed by atoms with Crippen LogP contribution in [0.5, 0.6) is 5.75 Å². The van der Waals surface area contributed by atoms with Gasteiger partial charge in [-0.3, -0.25) is 0 Å². The molecule has 0 saturated carbocycles. The van der Waals surface area contributed by atoms with Crippen LogP contribution in [0, 0.1) is 6.92 Å². The molecule has 2 aliphatic heterocycles. The maximum absolute atomic E-state index is 6.73. The zero-order valence-corrected chi connectivity index (χ0v) is 21.2. The fraction of sp³-hybridized carbons (Fsp3) is 0.154. The first-order valence-electron chi connectivity index (χ1n) is 10.7. The second-order valence-electron chi connectivity index (χ2n) is 8.37. The number of hydrogen-bond donors (Lipinski definition) is 0. The molecule has 2 aliphatic rings. The Morgan fingerprint density at radius 1 is 0.879 bits per heavy atom. The monoisotopic (exact) mass is 562 g/mol. The van der Waals surface area contributed by atoms with E-state index in [9.17, 15) is 0 Å². The van der Waals surface area contributed by atoms with Gasteiger partial charge in [0.15, 0.2) is 0 Å². The van der Waals surface area contributed by atoms with Crippen molar-refractivity contribution in [1.82, 2.24) is 14.8 Å². The van der Waals surface area contributed by atoms with Gasteiger partial charge >= 0.3 is 0 Å². The van der Waals surface area contributed by atoms with E-state index in [1.165, 1.54) is 5.56 Å². The molecule has 3 aromatic carbocycles. The molecule has 6 rings (SSSR count). The zero-order chi connectivity index (χ0) is 22.7. The molecule has 3 heterocycles. The fourth-order valence-electron chi connectivity index (χ4n) is 4.80. The number of aromatic nitrogens is 3. The number of hydrogen-bond acceptors (Lipinski definition) is 4. The lowest BCUT2D eigenvalue weighted by Crippen LogP contribution is -2.37. The molecule has 33 heavy (non-hydrogen) atoms. The van der Waals surface area contributed by atoms with E-state index in [1.54, 1.807) is 6.33 Å². The summed E-state index contributed by atoms with van der Waals surface area (Å²) < 4.78 is 10.8. The highest BCUT2D eigenvalue weighted by Gasteiger charge is 2.43. The number of halogens is 2. The quantitative estimate of drug-likeness (QED) is 0.272. The summed E-state index contributed by atoms with van der Waals surface area (Å²) in [5.41, 5.74) is 6.77. The summed E-state index contributed by atoms with van der Waals surface area (Å²) >= 11 is 7.14. The van der Waals surface area contributed by atoms with Gasteiger partial charge in [-0.2, -0.15) is 10.1 Å². The minimum Gasteiger partial charge on any atom is -0.480 e. The Balaban J connectivity index is 1.66. The molecule has 0 spiro atoms. The summed E-state index contributed by atoms with van der Waals surface area (Å²) in [7, 11) is 2.06. The molecule has 2 atom stereocenters. The number of fused-ring (bicyclic) bond motifs is 3. The Labute approximate surface area is 209 Å². The van der Waals surface area contributed by atoms with Crippen molar-refractivity contribution < 1.29 is 4.74 Å². The summed E-state index contributed by atoms with van der Waals surface area (Å²) in [6.07, 6.45) is 1.36. The van der Waals surface area contributed by atoms with Gasteiger partial charge in [-0.1, -0.05) is 67.8 Å². The summed E-state index contributed by atoms with van der Waals surface area (Å²) in [6, 6.07) is 23.0. The second-order valence-corrected chi connectivity index (χ2v) is 10.2. The van der Waals surface area contributed by atoms with Crippen molar-refractivity contribution in [1.29, 1.82) is 0 Å². The first-order chi connectivity index (χ1) is 16.0. The number of aryl methyl sites for hydroxylation is 1. The van der Waals surface area contributed by atoms with Gasteiger partial charge in [0.2, 0.25) is 5.95 Å². The van der Waals surface area contributed by atoms with Crippen LogP contribution in [0.25, 0.3) is 5.70 Å². The molecule has 0 aliphatic carbocycles. The number of anilines is 1. The van der Waals surface area contributed by atoms with Gasteiger partial charge in [-0.25, -0.2) is 4.68 Å². The SMILES string of the molecule is Cc1ccc2c(c1)C1=C([C@H](c3ccc(Br)cc3)O2)[C@H](c2ccc(Br)cc2)n2ncnc2N1C. The molecule has 1 aromatic heterocycles. The third-order valence-electron chi connectivity index (χ3n) is 6.28. The smallest absolute Gasteiger partial charge is 0.229 e. The molecule has 7 heteroatoms. The van der Waals surface area contributed by atoms with Gasteiger partial charge < -0.3 is 9.64 Å². The van der Waals surface area contributed by atoms with Gasteiger partial charge in [-0.05, 0) is 54.4 Å². The first-order valence-corrected chi connectivity index (χ1v) is 12.3. The molecule has 0 bridgehead atoms. The zero-order valence-electron chi connectivity index (χ0n) is 18.0. The van der Waals surface area contributed by atoms with Crippen molar-refractivity contribution in [3.63, 3.8) is 0 Å². The molecular weight excluding hydrogens is 544 g/mol. The molecule has 0 unspecified atom stereocenters. The number of nitrogens with zero attached hydrogens (tertiary/aromatic N) is 4. The molecule has 0 saturated heterocycles. The van der Waals surface area contributed by atoms with Crippen LogP contribution in [0.2, 0.25) is 0 Å². The summed E-state index contributed by atoms with van der Waals surface area (Å²) in [5.74, 6) is 1.69. The molecule has 0 fully saturated rings. The van der Waals surface area contributed by atoms with Crippen molar-refractivity contribution in [2.24, 2.45) is 0 Å². The van der Waals surface area contributed by atoms with E-state index in [0.29, 0.717) is 0 Å². The highest BCUT2D eigenvalue weighted by Crippen LogP contribution is 2.52. The van der Waals surface area contributed by atoms with Crippen LogP contribution < -0.4 is 9.64 Å². The average molecular weight is 564 g/mol. The summed E-state index contributed by atoms with van der Waals surface area (Å²) in [5, 5.41) is 4.65. The van der Waals surface area contributed by atoms with E-state index in [2.05, 4.69) is 128 Å². The molecule has 4 aromatic rings. The molecule has 164 valence electrons. The van der Waals surface area contributed by atoms with Crippen molar-refractivity contribution in [2.75, 3.05) is 11.9 Å². The van der Waals surface area contributed by atoms with Gasteiger partial charge in [0, 0.05) is 27.1 Å². The van der Waals surface area contributed by atoms with Gasteiger partial charge in [0.1, 0.15) is 24.2 Å². The van der Waals surface area contributed by atoms with Crippen LogP contribution in [-0.2, 0) is 0 Å². The highest BCUT2D eigenvalue weighted by atomic mass is 79.9. The molecule has 0 N–H and O–H groups in total. The Morgan fingerprint density at radius 2 is 1.55 bits per heavy atom. The Morgan fingerprint density at radius 3 is 2.24 bits per heavy atom. The standard InChI is InChI=1S/C26H20Br2N4O/c1-15-3-12-21-20(13-15)24-22(25(33-21)17-6-10-19(28)11-7-17)23(16-4-8-18(27)9-5-16)32-26(31(24)2)29-14-30-32/h3-14,23,25H,1-2H3/t23-,25-/m0/s1. The van der Waals surface area contributed by atoms with Crippen molar-refractivity contribution in [2.45, 2.75) is 19.1 Å². The lowest BCUT2D eigenvalue weighted by molar-refractivity contribution is 0.222. The maximum Gasteiger partial charge on any atom is 0.229 e. The molecule has 0 radical (unpaired) electrons. The predicted molar refractivity (Wildman–Crippen MR) is 136 cm³/mol. The lowest BCUT2D eigenvalue weighted by Gasteiger charge is -2.42. The topological polar surface area (TPSA) is 43.2 Å².